The van der Waals surface area contributed by atoms with Crippen LogP contribution in [-0.4, -0.2) is 57.0 Å². The van der Waals surface area contributed by atoms with Crippen LogP contribution in [0.5, 0.6) is 0 Å². The van der Waals surface area contributed by atoms with Gasteiger partial charge in [0.25, 0.3) is 5.91 Å². The predicted molar refractivity (Wildman–Crippen MR) is 169 cm³/mol. The average molecular weight is 691 g/mol. The minimum absolute atomic E-state index is 0. The number of nitrogens with zero attached hydrogens (tertiary/aromatic N) is 1. The predicted octanol–water partition coefficient (Wildman–Crippen LogP) is 5.26. The maximum absolute atomic E-state index is 14.0. The third-order valence-electron chi connectivity index (χ3n) is 7.29. The molecule has 0 aromatic heterocycles. The van der Waals surface area contributed by atoms with Gasteiger partial charge in [0.1, 0.15) is 11.6 Å². The highest BCUT2D eigenvalue weighted by molar-refractivity contribution is 7.92. The minimum Gasteiger partial charge on any atom is -0.390 e. The number of aliphatic hydroxyl groups is 1. The number of carbonyl (C=O) groups is 1. The summed E-state index contributed by atoms with van der Waals surface area (Å²) < 4.78 is 94.0. The molecule has 252 valence electrons. The highest BCUT2D eigenvalue weighted by atomic mass is 35.5. The fraction of sp³-hybridized carbons (Fsp3) is 0.387. The van der Waals surface area contributed by atoms with Crippen LogP contribution in [-0.2, 0) is 29.2 Å². The fourth-order valence-electron chi connectivity index (χ4n) is 5.15. The minimum atomic E-state index is -4.52. The molecule has 3 aromatic rings. The van der Waals surface area contributed by atoms with Crippen LogP contribution >= 0.6 is 12.4 Å². The van der Waals surface area contributed by atoms with Crippen LogP contribution in [0.15, 0.2) is 60.7 Å². The molecule has 46 heavy (non-hydrogen) atoms. The Labute approximate surface area is 270 Å². The van der Waals surface area contributed by atoms with Gasteiger partial charge in [0.2, 0.25) is 10.0 Å². The third kappa shape index (κ3) is 10.0. The molecule has 1 heterocycles. The molecule has 4 rings (SSSR count). The van der Waals surface area contributed by atoms with Gasteiger partial charge in [-0.1, -0.05) is 18.2 Å². The van der Waals surface area contributed by atoms with E-state index in [0.717, 1.165) is 24.3 Å². The molecule has 0 saturated carbocycles. The van der Waals surface area contributed by atoms with Crippen molar-refractivity contribution < 1.29 is 40.3 Å². The van der Waals surface area contributed by atoms with Crippen molar-refractivity contribution in [3.8, 4) is 0 Å². The molecule has 1 saturated heterocycles. The van der Waals surface area contributed by atoms with Crippen LogP contribution in [0.2, 0.25) is 0 Å². The molecule has 0 spiro atoms. The van der Waals surface area contributed by atoms with Crippen LogP contribution in [0.1, 0.15) is 46.8 Å². The molecule has 4 N–H and O–H groups in total. The summed E-state index contributed by atoms with van der Waals surface area (Å²) in [6.07, 6.45) is -4.87. The van der Waals surface area contributed by atoms with E-state index in [1.165, 1.54) is 28.6 Å². The van der Waals surface area contributed by atoms with Crippen LogP contribution in [0, 0.1) is 11.6 Å². The summed E-state index contributed by atoms with van der Waals surface area (Å²) in [6.45, 7) is 2.35. The second kappa shape index (κ2) is 15.9. The van der Waals surface area contributed by atoms with E-state index >= 15 is 0 Å². The van der Waals surface area contributed by atoms with Gasteiger partial charge in [-0.2, -0.15) is 13.2 Å². The number of sulfonamides is 1. The van der Waals surface area contributed by atoms with Gasteiger partial charge < -0.3 is 21.1 Å². The first-order valence-electron chi connectivity index (χ1n) is 14.5. The highest BCUT2D eigenvalue weighted by Gasteiger charge is 2.31. The Morgan fingerprint density at radius 1 is 1.00 bits per heavy atom. The van der Waals surface area contributed by atoms with Gasteiger partial charge in [-0.3, -0.25) is 9.10 Å². The van der Waals surface area contributed by atoms with Gasteiger partial charge in [0.15, 0.2) is 0 Å². The number of halogens is 6. The monoisotopic (exact) mass is 690 g/mol. The molecular formula is C31H36ClF5N4O4S. The Bertz CT molecular complexity index is 1590. The molecule has 3 aromatic carbocycles. The summed E-state index contributed by atoms with van der Waals surface area (Å²) >= 11 is 0. The van der Waals surface area contributed by atoms with E-state index < -0.39 is 51.5 Å². The fourth-order valence-corrected chi connectivity index (χ4v) is 6.78. The van der Waals surface area contributed by atoms with E-state index in [-0.39, 0.29) is 55.3 Å². The SMILES string of the molecule is CCNc1cc(C(=O)N[C@@H](Cc2cc(F)cc(F)c2)[C@H](O)CNCc2cccc(C(F)(F)F)c2)cc(N2CCCCS2(=O)=O)c1.Cl. The second-order valence-corrected chi connectivity index (χ2v) is 12.9. The number of nitrogens with one attached hydrogen (secondary N) is 3. The molecule has 1 aliphatic rings. The van der Waals surface area contributed by atoms with Crippen molar-refractivity contribution in [2.75, 3.05) is 35.0 Å². The summed E-state index contributed by atoms with van der Waals surface area (Å²) in [7, 11) is -3.59. The summed E-state index contributed by atoms with van der Waals surface area (Å²) in [6, 6.07) is 11.0. The lowest BCUT2D eigenvalue weighted by Gasteiger charge is -2.29. The standard InChI is InChI=1S/C31H35F5N4O4S.ClH/c1-2-38-26-14-22(15-27(17-26)40-8-3-4-9-45(40,43)44)30(42)39-28(13-21-11-24(32)16-25(33)12-21)29(41)19-37-18-20-6-5-7-23(10-20)31(34,35)36;/h5-7,10-12,14-17,28-29,37-38,41H,2-4,8-9,13,18-19H2,1H3,(H,39,42);1H/t28-,29+;/m0./s1. The summed E-state index contributed by atoms with van der Waals surface area (Å²) in [5.74, 6) is -2.40. The van der Waals surface area contributed by atoms with E-state index in [1.54, 1.807) is 6.07 Å². The lowest BCUT2D eigenvalue weighted by Crippen LogP contribution is -2.48. The molecule has 0 aliphatic carbocycles. The summed E-state index contributed by atoms with van der Waals surface area (Å²) in [5, 5.41) is 19.7. The van der Waals surface area contributed by atoms with Crippen molar-refractivity contribution >= 4 is 39.7 Å². The largest absolute Gasteiger partial charge is 0.416 e. The smallest absolute Gasteiger partial charge is 0.390 e. The quantitative estimate of drug-likeness (QED) is 0.193. The number of hydrogen-bond donors (Lipinski definition) is 4. The van der Waals surface area contributed by atoms with Crippen molar-refractivity contribution in [1.82, 2.24) is 10.6 Å². The number of rotatable bonds is 12. The Balaban J connectivity index is 0.00000576. The van der Waals surface area contributed by atoms with E-state index in [1.807, 2.05) is 6.92 Å². The summed E-state index contributed by atoms with van der Waals surface area (Å²) in [5.41, 5.74) is 0.515. The van der Waals surface area contributed by atoms with Crippen molar-refractivity contribution in [2.45, 2.75) is 51.1 Å². The Hall–Kier alpha value is -3.46. The number of benzene rings is 3. The lowest BCUT2D eigenvalue weighted by atomic mass is 9.99. The molecule has 0 unspecified atom stereocenters. The molecule has 1 fully saturated rings. The zero-order valence-corrected chi connectivity index (χ0v) is 26.5. The average Bonchev–Trinajstić information content (AvgIpc) is 2.95. The van der Waals surface area contributed by atoms with Crippen molar-refractivity contribution in [1.29, 1.82) is 0 Å². The van der Waals surface area contributed by atoms with Crippen LogP contribution in [0.3, 0.4) is 0 Å². The van der Waals surface area contributed by atoms with E-state index in [0.29, 0.717) is 42.4 Å². The molecule has 2 atom stereocenters. The normalized spacial score (nSPS) is 15.8. The van der Waals surface area contributed by atoms with Crippen molar-refractivity contribution in [3.63, 3.8) is 0 Å². The van der Waals surface area contributed by atoms with Gasteiger partial charge in [0.05, 0.1) is 29.1 Å². The summed E-state index contributed by atoms with van der Waals surface area (Å²) in [4.78, 5) is 13.6. The zero-order valence-electron chi connectivity index (χ0n) is 24.9. The van der Waals surface area contributed by atoms with E-state index in [9.17, 15) is 40.3 Å². The van der Waals surface area contributed by atoms with E-state index in [4.69, 9.17) is 0 Å². The Morgan fingerprint density at radius 3 is 2.37 bits per heavy atom. The third-order valence-corrected chi connectivity index (χ3v) is 9.16. The number of hydrogen-bond acceptors (Lipinski definition) is 6. The first-order chi connectivity index (χ1) is 21.2. The molecule has 0 radical (unpaired) electrons. The maximum atomic E-state index is 14.0. The first-order valence-corrected chi connectivity index (χ1v) is 16.1. The second-order valence-electron chi connectivity index (χ2n) is 10.9. The van der Waals surface area contributed by atoms with Crippen LogP contribution in [0.4, 0.5) is 33.3 Å². The van der Waals surface area contributed by atoms with Gasteiger partial charge in [-0.15, -0.1) is 12.4 Å². The molecule has 1 amide bonds. The Morgan fingerprint density at radius 2 is 1.72 bits per heavy atom. The lowest BCUT2D eigenvalue weighted by molar-refractivity contribution is -0.137. The van der Waals surface area contributed by atoms with Gasteiger partial charge >= 0.3 is 6.18 Å². The van der Waals surface area contributed by atoms with Crippen LogP contribution in [0.25, 0.3) is 0 Å². The van der Waals surface area contributed by atoms with Gasteiger partial charge in [-0.05, 0) is 73.7 Å². The van der Waals surface area contributed by atoms with Crippen molar-refractivity contribution in [2.24, 2.45) is 0 Å². The zero-order chi connectivity index (χ0) is 32.8. The number of aliphatic hydroxyl groups excluding tert-OH is 1. The number of alkyl halides is 3. The molecule has 0 bridgehead atoms. The highest BCUT2D eigenvalue weighted by Crippen LogP contribution is 2.30. The number of anilines is 2. The van der Waals surface area contributed by atoms with Gasteiger partial charge in [0, 0.05) is 43.5 Å². The van der Waals surface area contributed by atoms with Gasteiger partial charge in [-0.25, -0.2) is 17.2 Å². The molecule has 1 aliphatic heterocycles. The number of carbonyl (C=O) groups excluding carboxylic acids is 1. The maximum Gasteiger partial charge on any atom is 0.416 e. The Kier molecular flexibility index (Phi) is 12.8. The van der Waals surface area contributed by atoms with Crippen LogP contribution < -0.4 is 20.3 Å². The number of amides is 1. The molecule has 8 nitrogen and oxygen atoms in total. The van der Waals surface area contributed by atoms with Crippen molar-refractivity contribution in [3.05, 3.63) is 94.6 Å². The topological polar surface area (TPSA) is 111 Å². The van der Waals surface area contributed by atoms with E-state index in [2.05, 4.69) is 16.0 Å². The molecular weight excluding hydrogens is 655 g/mol. The molecule has 15 heteroatoms. The first kappa shape index (κ1) is 37.0.